The van der Waals surface area contributed by atoms with Crippen LogP contribution in [-0.2, 0) is 4.79 Å². The normalized spacial score (nSPS) is 11.1. The molecule has 3 aromatic carbocycles. The first-order valence-electron chi connectivity index (χ1n) is 11.9. The first-order chi connectivity index (χ1) is 17.8. The van der Waals surface area contributed by atoms with E-state index in [1.54, 1.807) is 55.6 Å². The van der Waals surface area contributed by atoms with Gasteiger partial charge in [-0.3, -0.25) is 4.79 Å². The molecule has 0 saturated carbocycles. The number of aromatic hydroxyl groups is 1. The number of ether oxygens (including phenoxy) is 2. The van der Waals surface area contributed by atoms with E-state index in [0.29, 0.717) is 22.7 Å². The number of anilines is 3. The van der Waals surface area contributed by atoms with Gasteiger partial charge < -0.3 is 30.5 Å². The molecular weight excluding hydrogens is 472 g/mol. The Morgan fingerprint density at radius 2 is 1.65 bits per heavy atom. The van der Waals surface area contributed by atoms with E-state index in [9.17, 15) is 14.7 Å². The number of phenolic OH excluding ortho intramolecular Hbond substituents is 1. The van der Waals surface area contributed by atoms with Crippen molar-refractivity contribution in [2.24, 2.45) is 5.92 Å². The molecule has 192 valence electrons. The minimum Gasteiger partial charge on any atom is -0.506 e. The van der Waals surface area contributed by atoms with Gasteiger partial charge in [-0.15, -0.1) is 0 Å². The molecule has 9 heteroatoms. The maximum Gasteiger partial charge on any atom is 0.323 e. The SMILES string of the molecule is CCCCC(C)C(=O)Nc1cc(O)c(NC(=O)Nc2ccc(C#N)cc2)cc1Oc1ccc(OC)cc1. The van der Waals surface area contributed by atoms with E-state index < -0.39 is 6.03 Å². The third kappa shape index (κ3) is 7.64. The van der Waals surface area contributed by atoms with Crippen LogP contribution in [0.1, 0.15) is 38.7 Å². The average Bonchev–Trinajstić information content (AvgIpc) is 2.90. The predicted molar refractivity (Wildman–Crippen MR) is 142 cm³/mol. The summed E-state index contributed by atoms with van der Waals surface area (Å²) in [5, 5.41) is 27.6. The van der Waals surface area contributed by atoms with Crippen molar-refractivity contribution in [3.8, 4) is 29.1 Å². The third-order valence-electron chi connectivity index (χ3n) is 5.60. The Morgan fingerprint density at radius 1 is 0.973 bits per heavy atom. The quantitative estimate of drug-likeness (QED) is 0.235. The monoisotopic (exact) mass is 502 g/mol. The summed E-state index contributed by atoms with van der Waals surface area (Å²) in [4.78, 5) is 25.3. The van der Waals surface area contributed by atoms with Crippen molar-refractivity contribution in [1.29, 1.82) is 5.26 Å². The Balaban J connectivity index is 1.84. The molecule has 0 aliphatic rings. The number of nitrogens with one attached hydrogen (secondary N) is 3. The van der Waals surface area contributed by atoms with Gasteiger partial charge in [-0.05, 0) is 55.0 Å². The van der Waals surface area contributed by atoms with Gasteiger partial charge in [-0.1, -0.05) is 26.7 Å². The third-order valence-corrected chi connectivity index (χ3v) is 5.60. The van der Waals surface area contributed by atoms with Crippen LogP contribution in [0.25, 0.3) is 0 Å². The molecule has 0 aromatic heterocycles. The molecule has 0 aliphatic heterocycles. The number of methoxy groups -OCH3 is 1. The Hall–Kier alpha value is -4.71. The number of nitrogens with zero attached hydrogens (tertiary/aromatic N) is 1. The molecule has 0 saturated heterocycles. The van der Waals surface area contributed by atoms with Crippen molar-refractivity contribution in [3.05, 3.63) is 66.2 Å². The Morgan fingerprint density at radius 3 is 2.27 bits per heavy atom. The van der Waals surface area contributed by atoms with Gasteiger partial charge in [0, 0.05) is 23.7 Å². The topological polar surface area (TPSA) is 133 Å². The van der Waals surface area contributed by atoms with E-state index in [2.05, 4.69) is 22.9 Å². The zero-order chi connectivity index (χ0) is 26.8. The summed E-state index contributed by atoms with van der Waals surface area (Å²) >= 11 is 0. The molecule has 37 heavy (non-hydrogen) atoms. The molecule has 0 aliphatic carbocycles. The van der Waals surface area contributed by atoms with E-state index in [1.165, 1.54) is 12.1 Å². The fourth-order valence-corrected chi connectivity index (χ4v) is 3.43. The molecule has 0 fully saturated rings. The summed E-state index contributed by atoms with van der Waals surface area (Å²) in [6, 6.07) is 17.4. The van der Waals surface area contributed by atoms with Gasteiger partial charge >= 0.3 is 6.03 Å². The number of amides is 3. The molecule has 3 aromatic rings. The lowest BCUT2D eigenvalue weighted by Gasteiger charge is -2.18. The maximum atomic E-state index is 12.8. The number of nitriles is 1. The second kappa shape index (κ2) is 12.8. The van der Waals surface area contributed by atoms with Crippen LogP contribution in [0.5, 0.6) is 23.0 Å². The summed E-state index contributed by atoms with van der Waals surface area (Å²) < 4.78 is 11.2. The van der Waals surface area contributed by atoms with Crippen LogP contribution in [-0.4, -0.2) is 24.2 Å². The van der Waals surface area contributed by atoms with Gasteiger partial charge in [0.25, 0.3) is 0 Å². The molecular formula is C28H30N4O5. The first-order valence-corrected chi connectivity index (χ1v) is 11.9. The smallest absolute Gasteiger partial charge is 0.323 e. The average molecular weight is 503 g/mol. The number of hydrogen-bond acceptors (Lipinski definition) is 6. The van der Waals surface area contributed by atoms with Crippen molar-refractivity contribution in [3.63, 3.8) is 0 Å². The number of benzene rings is 3. The van der Waals surface area contributed by atoms with Crippen molar-refractivity contribution in [1.82, 2.24) is 0 Å². The van der Waals surface area contributed by atoms with Crippen molar-refractivity contribution in [2.45, 2.75) is 33.1 Å². The molecule has 0 bridgehead atoms. The fourth-order valence-electron chi connectivity index (χ4n) is 3.43. The highest BCUT2D eigenvalue weighted by Gasteiger charge is 2.19. The second-order valence-corrected chi connectivity index (χ2v) is 8.44. The van der Waals surface area contributed by atoms with Crippen LogP contribution >= 0.6 is 0 Å². The lowest BCUT2D eigenvalue weighted by molar-refractivity contribution is -0.119. The Bertz CT molecular complexity index is 1270. The lowest BCUT2D eigenvalue weighted by atomic mass is 10.0. The molecule has 3 rings (SSSR count). The van der Waals surface area contributed by atoms with Crippen LogP contribution < -0.4 is 25.4 Å². The number of unbranched alkanes of at least 4 members (excludes halogenated alkanes) is 1. The fraction of sp³-hybridized carbons (Fsp3) is 0.250. The van der Waals surface area contributed by atoms with Crippen LogP contribution in [0.4, 0.5) is 21.9 Å². The number of urea groups is 1. The molecule has 0 spiro atoms. The van der Waals surface area contributed by atoms with Gasteiger partial charge in [0.15, 0.2) is 5.75 Å². The molecule has 1 unspecified atom stereocenters. The highest BCUT2D eigenvalue weighted by atomic mass is 16.5. The zero-order valence-electron chi connectivity index (χ0n) is 21.0. The van der Waals surface area contributed by atoms with Crippen LogP contribution in [0, 0.1) is 17.2 Å². The van der Waals surface area contributed by atoms with Crippen LogP contribution in [0.15, 0.2) is 60.7 Å². The van der Waals surface area contributed by atoms with E-state index >= 15 is 0 Å². The van der Waals surface area contributed by atoms with Crippen molar-refractivity contribution < 1.29 is 24.2 Å². The highest BCUT2D eigenvalue weighted by molar-refractivity contribution is 6.02. The van der Waals surface area contributed by atoms with E-state index in [-0.39, 0.29) is 34.7 Å². The number of rotatable bonds is 10. The molecule has 9 nitrogen and oxygen atoms in total. The van der Waals surface area contributed by atoms with Crippen molar-refractivity contribution >= 4 is 29.0 Å². The summed E-state index contributed by atoms with van der Waals surface area (Å²) in [5.74, 6) is 0.659. The summed E-state index contributed by atoms with van der Waals surface area (Å²) in [5.41, 5.74) is 1.27. The van der Waals surface area contributed by atoms with Crippen LogP contribution in [0.2, 0.25) is 0 Å². The lowest BCUT2D eigenvalue weighted by Crippen LogP contribution is -2.21. The van der Waals surface area contributed by atoms with E-state index in [4.69, 9.17) is 14.7 Å². The molecule has 1 atom stereocenters. The summed E-state index contributed by atoms with van der Waals surface area (Å²) in [7, 11) is 1.56. The number of carbonyl (C=O) groups excluding carboxylic acids is 2. The summed E-state index contributed by atoms with van der Waals surface area (Å²) in [6.07, 6.45) is 2.64. The molecule has 0 radical (unpaired) electrons. The van der Waals surface area contributed by atoms with Gasteiger partial charge in [0.05, 0.1) is 30.1 Å². The maximum absolute atomic E-state index is 12.8. The van der Waals surface area contributed by atoms with E-state index in [0.717, 1.165) is 19.3 Å². The summed E-state index contributed by atoms with van der Waals surface area (Å²) in [6.45, 7) is 3.91. The predicted octanol–water partition coefficient (Wildman–Crippen LogP) is 6.47. The first kappa shape index (κ1) is 26.9. The highest BCUT2D eigenvalue weighted by Crippen LogP contribution is 2.39. The van der Waals surface area contributed by atoms with Gasteiger partial charge in [-0.2, -0.15) is 5.26 Å². The Kier molecular flexibility index (Phi) is 9.33. The van der Waals surface area contributed by atoms with E-state index in [1.807, 2.05) is 13.0 Å². The minimum atomic E-state index is -0.611. The zero-order valence-corrected chi connectivity index (χ0v) is 21.0. The van der Waals surface area contributed by atoms with Gasteiger partial charge in [0.2, 0.25) is 5.91 Å². The van der Waals surface area contributed by atoms with Gasteiger partial charge in [-0.25, -0.2) is 4.79 Å². The van der Waals surface area contributed by atoms with Gasteiger partial charge in [0.1, 0.15) is 17.2 Å². The molecule has 4 N–H and O–H groups in total. The Labute approximate surface area is 216 Å². The van der Waals surface area contributed by atoms with Crippen LogP contribution in [0.3, 0.4) is 0 Å². The second-order valence-electron chi connectivity index (χ2n) is 8.44. The number of carbonyl (C=O) groups is 2. The molecule has 3 amide bonds. The van der Waals surface area contributed by atoms with Crippen molar-refractivity contribution in [2.75, 3.05) is 23.1 Å². The molecule has 0 heterocycles. The number of hydrogen-bond donors (Lipinski definition) is 4. The number of phenols is 1. The minimum absolute atomic E-state index is 0.0756. The largest absolute Gasteiger partial charge is 0.506 e. The standard InChI is InChI=1S/C28H30N4O5/c1-4-5-6-18(2)27(34)31-24-15-25(33)23(16-26(24)37-22-13-11-21(36-3)12-14-22)32-28(35)30-20-9-7-19(17-29)8-10-20/h7-16,18,33H,4-6H2,1-3H3,(H,31,34)(H2,30,32,35).